The molecular formula is C13H27NOS. The lowest BCUT2D eigenvalue weighted by Crippen LogP contribution is -2.39. The van der Waals surface area contributed by atoms with Crippen molar-refractivity contribution in [1.82, 2.24) is 5.32 Å². The Balaban J connectivity index is 2.40. The maximum absolute atomic E-state index is 12.2. The minimum atomic E-state index is -0.617. The molecule has 0 heterocycles. The molecule has 0 radical (unpaired) electrons. The number of hydrogen-bond donors (Lipinski definition) is 1. The van der Waals surface area contributed by atoms with Crippen LogP contribution < -0.4 is 5.32 Å². The molecule has 1 saturated carbocycles. The van der Waals surface area contributed by atoms with Gasteiger partial charge in [-0.3, -0.25) is 4.21 Å². The predicted molar refractivity (Wildman–Crippen MR) is 72.2 cm³/mol. The summed E-state index contributed by atoms with van der Waals surface area (Å²) in [6, 6.07) is 0.617. The van der Waals surface area contributed by atoms with Gasteiger partial charge in [-0.25, -0.2) is 0 Å². The van der Waals surface area contributed by atoms with Crippen molar-refractivity contribution in [3.8, 4) is 0 Å². The van der Waals surface area contributed by atoms with Crippen molar-refractivity contribution >= 4 is 10.8 Å². The molecular weight excluding hydrogens is 218 g/mol. The van der Waals surface area contributed by atoms with Gasteiger partial charge in [0.15, 0.2) is 0 Å². The van der Waals surface area contributed by atoms with E-state index >= 15 is 0 Å². The fraction of sp³-hybridized carbons (Fsp3) is 1.00. The van der Waals surface area contributed by atoms with Gasteiger partial charge in [0.25, 0.3) is 0 Å². The molecule has 4 unspecified atom stereocenters. The molecule has 2 nitrogen and oxygen atoms in total. The predicted octanol–water partition coefficient (Wildman–Crippen LogP) is 2.84. The van der Waals surface area contributed by atoms with E-state index in [0.717, 1.165) is 19.4 Å². The summed E-state index contributed by atoms with van der Waals surface area (Å²) in [6.07, 6.45) is 7.03. The molecule has 4 atom stereocenters. The van der Waals surface area contributed by atoms with E-state index in [1.54, 1.807) is 0 Å². The molecule has 0 aromatic heterocycles. The van der Waals surface area contributed by atoms with Crippen LogP contribution in [0.25, 0.3) is 0 Å². The minimum absolute atomic E-state index is 0.370. The van der Waals surface area contributed by atoms with Crippen molar-refractivity contribution in [3.63, 3.8) is 0 Å². The van der Waals surface area contributed by atoms with Crippen LogP contribution in [-0.2, 0) is 10.8 Å². The first-order valence-electron chi connectivity index (χ1n) is 6.81. The Hall–Kier alpha value is 0.110. The molecule has 96 valence electrons. The van der Waals surface area contributed by atoms with Crippen LogP contribution in [-0.4, -0.2) is 27.3 Å². The zero-order valence-electron chi connectivity index (χ0n) is 11.0. The first kappa shape index (κ1) is 14.2. The summed E-state index contributed by atoms with van der Waals surface area (Å²) in [6.45, 7) is 7.56. The van der Waals surface area contributed by atoms with E-state index in [2.05, 4.69) is 26.1 Å². The lowest BCUT2D eigenvalue weighted by Gasteiger charge is -2.30. The zero-order valence-corrected chi connectivity index (χ0v) is 11.8. The van der Waals surface area contributed by atoms with Crippen molar-refractivity contribution in [2.75, 3.05) is 6.54 Å². The quantitative estimate of drug-likeness (QED) is 0.779. The van der Waals surface area contributed by atoms with E-state index in [4.69, 9.17) is 0 Å². The molecule has 0 amide bonds. The summed E-state index contributed by atoms with van der Waals surface area (Å²) >= 11 is 0. The second-order valence-electron chi connectivity index (χ2n) is 4.99. The highest BCUT2D eigenvalue weighted by Gasteiger charge is 2.27. The topological polar surface area (TPSA) is 29.1 Å². The third-order valence-electron chi connectivity index (χ3n) is 3.61. The van der Waals surface area contributed by atoms with Gasteiger partial charge in [0.1, 0.15) is 0 Å². The summed E-state index contributed by atoms with van der Waals surface area (Å²) in [7, 11) is -0.617. The van der Waals surface area contributed by atoms with E-state index in [1.165, 1.54) is 25.7 Å². The van der Waals surface area contributed by atoms with Gasteiger partial charge < -0.3 is 5.32 Å². The second-order valence-corrected chi connectivity index (χ2v) is 7.12. The highest BCUT2D eigenvalue weighted by molar-refractivity contribution is 7.86. The molecule has 16 heavy (non-hydrogen) atoms. The van der Waals surface area contributed by atoms with Gasteiger partial charge in [0.05, 0.1) is 0 Å². The fourth-order valence-electron chi connectivity index (χ4n) is 2.38. The number of hydrogen-bond acceptors (Lipinski definition) is 2. The van der Waals surface area contributed by atoms with Crippen LogP contribution in [0.5, 0.6) is 0 Å². The van der Waals surface area contributed by atoms with Crippen molar-refractivity contribution in [2.45, 2.75) is 75.8 Å². The highest BCUT2D eigenvalue weighted by atomic mass is 32.2. The van der Waals surface area contributed by atoms with E-state index in [1.807, 2.05) is 0 Å². The monoisotopic (exact) mass is 245 g/mol. The lowest BCUT2D eigenvalue weighted by molar-refractivity contribution is 0.377. The first-order valence-corrected chi connectivity index (χ1v) is 8.09. The Morgan fingerprint density at radius 3 is 2.75 bits per heavy atom. The minimum Gasteiger partial charge on any atom is -0.314 e. The molecule has 0 saturated heterocycles. The van der Waals surface area contributed by atoms with E-state index < -0.39 is 10.8 Å². The van der Waals surface area contributed by atoms with Gasteiger partial charge in [0, 0.05) is 27.3 Å². The SMILES string of the molecule is CCCNC1CCCC(S(=O)C(C)CC)C1. The molecule has 0 aromatic carbocycles. The molecule has 1 N–H and O–H groups in total. The van der Waals surface area contributed by atoms with Gasteiger partial charge >= 0.3 is 0 Å². The molecule has 0 aromatic rings. The summed E-state index contributed by atoms with van der Waals surface area (Å²) in [5.41, 5.74) is 0. The Morgan fingerprint density at radius 1 is 1.38 bits per heavy atom. The average molecular weight is 245 g/mol. The number of nitrogens with one attached hydrogen (secondary N) is 1. The van der Waals surface area contributed by atoms with Crippen molar-refractivity contribution in [2.24, 2.45) is 0 Å². The van der Waals surface area contributed by atoms with Gasteiger partial charge in [-0.1, -0.05) is 27.2 Å². The Kier molecular flexibility index (Phi) is 6.59. The molecule has 1 fully saturated rings. The van der Waals surface area contributed by atoms with Gasteiger partial charge in [-0.05, 0) is 38.6 Å². The smallest absolute Gasteiger partial charge is 0.0365 e. The highest BCUT2D eigenvalue weighted by Crippen LogP contribution is 2.25. The largest absolute Gasteiger partial charge is 0.314 e. The molecule has 0 aliphatic heterocycles. The van der Waals surface area contributed by atoms with Crippen LogP contribution in [0.15, 0.2) is 0 Å². The van der Waals surface area contributed by atoms with Crippen LogP contribution in [0.2, 0.25) is 0 Å². The molecule has 1 rings (SSSR count). The first-order chi connectivity index (χ1) is 7.69. The number of rotatable bonds is 6. The standard InChI is InChI=1S/C13H27NOS/c1-4-9-14-12-7-6-8-13(10-12)16(15)11(3)5-2/h11-14H,4-10H2,1-3H3. The third kappa shape index (κ3) is 4.17. The summed E-state index contributed by atoms with van der Waals surface area (Å²) in [5.74, 6) is 0. The van der Waals surface area contributed by atoms with Gasteiger partial charge in [0.2, 0.25) is 0 Å². The maximum atomic E-state index is 12.2. The summed E-state index contributed by atoms with van der Waals surface area (Å²) in [5, 5.41) is 4.39. The lowest BCUT2D eigenvalue weighted by atomic mass is 9.95. The Labute approximate surface area is 103 Å². The van der Waals surface area contributed by atoms with Gasteiger partial charge in [-0.2, -0.15) is 0 Å². The molecule has 0 spiro atoms. The normalized spacial score (nSPS) is 29.9. The van der Waals surface area contributed by atoms with Crippen LogP contribution in [0, 0.1) is 0 Å². The van der Waals surface area contributed by atoms with E-state index in [-0.39, 0.29) is 0 Å². The van der Waals surface area contributed by atoms with Crippen LogP contribution in [0.1, 0.15) is 59.3 Å². The van der Waals surface area contributed by atoms with Crippen molar-refractivity contribution in [1.29, 1.82) is 0 Å². The zero-order chi connectivity index (χ0) is 12.0. The molecule has 0 bridgehead atoms. The van der Waals surface area contributed by atoms with E-state index in [9.17, 15) is 4.21 Å². The molecule has 1 aliphatic carbocycles. The van der Waals surface area contributed by atoms with E-state index in [0.29, 0.717) is 16.5 Å². The van der Waals surface area contributed by atoms with Crippen molar-refractivity contribution < 1.29 is 4.21 Å². The van der Waals surface area contributed by atoms with Crippen molar-refractivity contribution in [3.05, 3.63) is 0 Å². The van der Waals surface area contributed by atoms with Gasteiger partial charge in [-0.15, -0.1) is 0 Å². The van der Waals surface area contributed by atoms with Crippen LogP contribution >= 0.6 is 0 Å². The molecule has 1 aliphatic rings. The van der Waals surface area contributed by atoms with Crippen LogP contribution in [0.4, 0.5) is 0 Å². The fourth-order valence-corrected chi connectivity index (χ4v) is 4.19. The second kappa shape index (κ2) is 7.44. The third-order valence-corrected chi connectivity index (χ3v) is 5.82. The summed E-state index contributed by atoms with van der Waals surface area (Å²) < 4.78 is 12.2. The molecule has 3 heteroatoms. The Bertz CT molecular complexity index is 220. The summed E-state index contributed by atoms with van der Waals surface area (Å²) in [4.78, 5) is 0. The maximum Gasteiger partial charge on any atom is 0.0365 e. The average Bonchev–Trinajstić information content (AvgIpc) is 2.34. The Morgan fingerprint density at radius 2 is 2.12 bits per heavy atom. The van der Waals surface area contributed by atoms with Crippen LogP contribution in [0.3, 0.4) is 0 Å².